The Labute approximate surface area is 220 Å². The zero-order chi connectivity index (χ0) is 26.3. The summed E-state index contributed by atoms with van der Waals surface area (Å²) in [4.78, 5) is 33.4. The third-order valence-corrected chi connectivity index (χ3v) is 7.47. The first-order chi connectivity index (χ1) is 17.7. The third kappa shape index (κ3) is 5.13. The van der Waals surface area contributed by atoms with Gasteiger partial charge in [-0.05, 0) is 56.0 Å². The number of pyridine rings is 1. The van der Waals surface area contributed by atoms with Gasteiger partial charge in [-0.25, -0.2) is 19.9 Å². The Bertz CT molecular complexity index is 1500. The molecule has 0 bridgehead atoms. The molecule has 37 heavy (non-hydrogen) atoms. The quantitative estimate of drug-likeness (QED) is 0.363. The van der Waals surface area contributed by atoms with Gasteiger partial charge in [0, 0.05) is 48.0 Å². The zero-order valence-electron chi connectivity index (χ0n) is 22.0. The van der Waals surface area contributed by atoms with Crippen LogP contribution < -0.4 is 15.4 Å². The monoisotopic (exact) mass is 516 g/mol. The number of carbonyl (C=O) groups excluding carboxylic acids is 1. The van der Waals surface area contributed by atoms with Crippen LogP contribution in [0, 0.1) is 13.8 Å². The Morgan fingerprint density at radius 1 is 1.16 bits per heavy atom. The zero-order valence-corrected chi connectivity index (χ0v) is 22.8. The maximum Gasteiger partial charge on any atom is 0.182 e. The molecule has 0 radical (unpaired) electrons. The molecule has 4 heterocycles. The average Bonchev–Trinajstić information content (AvgIpc) is 3.07. The van der Waals surface area contributed by atoms with Gasteiger partial charge in [-0.3, -0.25) is 0 Å². The van der Waals surface area contributed by atoms with Crippen LogP contribution in [0.15, 0.2) is 24.4 Å². The van der Waals surface area contributed by atoms with E-state index < -0.39 is 0 Å². The molecule has 8 nitrogen and oxygen atoms in total. The Balaban J connectivity index is 1.55. The molecule has 192 valence electrons. The lowest BCUT2D eigenvalue weighted by molar-refractivity contribution is -0.117. The first-order valence-corrected chi connectivity index (χ1v) is 13.4. The van der Waals surface area contributed by atoms with Crippen molar-refractivity contribution in [2.75, 3.05) is 23.8 Å². The fraction of sp³-hybridized carbons (Fsp3) is 0.393. The fourth-order valence-electron chi connectivity index (χ4n) is 5.00. The van der Waals surface area contributed by atoms with Crippen LogP contribution in [0.5, 0.6) is 5.75 Å². The molecule has 4 aromatic rings. The van der Waals surface area contributed by atoms with Gasteiger partial charge in [-0.2, -0.15) is 0 Å². The number of aryl methyl sites for hydroxylation is 3. The highest BCUT2D eigenvalue weighted by Crippen LogP contribution is 2.37. The van der Waals surface area contributed by atoms with Crippen molar-refractivity contribution in [2.45, 2.75) is 59.9 Å². The SMILES string of the molecule is CC(=O)CCc1nc(C)c(C(C)C)c(N2CCOc3c(C)cc(-c4cnc5sc(N)nc5c4)cc3C2)n1. The van der Waals surface area contributed by atoms with Gasteiger partial charge in [0.1, 0.15) is 40.1 Å². The number of ketones is 1. The second-order valence-corrected chi connectivity index (χ2v) is 11.0. The smallest absolute Gasteiger partial charge is 0.182 e. The van der Waals surface area contributed by atoms with Crippen molar-refractivity contribution < 1.29 is 9.53 Å². The number of nitrogens with two attached hydrogens (primary N) is 1. The summed E-state index contributed by atoms with van der Waals surface area (Å²) in [6, 6.07) is 6.36. The lowest BCUT2D eigenvalue weighted by Gasteiger charge is -2.27. The van der Waals surface area contributed by atoms with Crippen LogP contribution in [0.2, 0.25) is 0 Å². The van der Waals surface area contributed by atoms with Gasteiger partial charge in [0.05, 0.1) is 6.54 Å². The van der Waals surface area contributed by atoms with Gasteiger partial charge in [0.25, 0.3) is 0 Å². The highest BCUT2D eigenvalue weighted by molar-refractivity contribution is 7.21. The molecular formula is C28H32N6O2S. The fourth-order valence-corrected chi connectivity index (χ4v) is 5.66. The lowest BCUT2D eigenvalue weighted by atomic mass is 9.99. The van der Waals surface area contributed by atoms with Gasteiger partial charge in [0.15, 0.2) is 5.13 Å². The molecule has 0 fully saturated rings. The highest BCUT2D eigenvalue weighted by Gasteiger charge is 2.25. The minimum atomic E-state index is 0.142. The Morgan fingerprint density at radius 2 is 1.97 bits per heavy atom. The molecule has 0 atom stereocenters. The van der Waals surface area contributed by atoms with Crippen LogP contribution in [-0.2, 0) is 17.8 Å². The summed E-state index contributed by atoms with van der Waals surface area (Å²) in [6.45, 7) is 12.0. The van der Waals surface area contributed by atoms with Gasteiger partial charge >= 0.3 is 0 Å². The largest absolute Gasteiger partial charge is 0.491 e. The summed E-state index contributed by atoms with van der Waals surface area (Å²) in [6.07, 6.45) is 2.86. The molecule has 0 saturated heterocycles. The minimum absolute atomic E-state index is 0.142. The number of nitrogens with zero attached hydrogens (tertiary/aromatic N) is 5. The van der Waals surface area contributed by atoms with Gasteiger partial charge in [0.2, 0.25) is 0 Å². The summed E-state index contributed by atoms with van der Waals surface area (Å²) < 4.78 is 6.26. The average molecular weight is 517 g/mol. The molecule has 1 aliphatic heterocycles. The van der Waals surface area contributed by atoms with Crippen molar-refractivity contribution in [1.29, 1.82) is 0 Å². The molecule has 0 unspecified atom stereocenters. The van der Waals surface area contributed by atoms with Crippen molar-refractivity contribution in [3.63, 3.8) is 0 Å². The molecule has 3 aromatic heterocycles. The predicted molar refractivity (Wildman–Crippen MR) is 148 cm³/mol. The second kappa shape index (κ2) is 10.0. The van der Waals surface area contributed by atoms with Crippen LogP contribution >= 0.6 is 11.3 Å². The number of Topliss-reactive ketones (excluding diaryl/α,β-unsaturated/α-hetero) is 1. The normalized spacial score (nSPS) is 13.5. The topological polar surface area (TPSA) is 107 Å². The summed E-state index contributed by atoms with van der Waals surface area (Å²) in [7, 11) is 0. The van der Waals surface area contributed by atoms with E-state index in [1.807, 2.05) is 19.2 Å². The van der Waals surface area contributed by atoms with Crippen molar-refractivity contribution in [1.82, 2.24) is 19.9 Å². The van der Waals surface area contributed by atoms with Crippen LogP contribution in [0.25, 0.3) is 21.5 Å². The summed E-state index contributed by atoms with van der Waals surface area (Å²) in [5, 5.41) is 0.519. The Kier molecular flexibility index (Phi) is 6.81. The van der Waals surface area contributed by atoms with Crippen molar-refractivity contribution >= 4 is 38.4 Å². The summed E-state index contributed by atoms with van der Waals surface area (Å²) in [5.41, 5.74) is 13.0. The van der Waals surface area contributed by atoms with Gasteiger partial charge in [-0.1, -0.05) is 25.2 Å². The molecule has 2 N–H and O–H groups in total. The predicted octanol–water partition coefficient (Wildman–Crippen LogP) is 5.39. The molecule has 9 heteroatoms. The maximum absolute atomic E-state index is 11.6. The lowest BCUT2D eigenvalue weighted by Crippen LogP contribution is -2.28. The molecular weight excluding hydrogens is 484 g/mol. The number of aromatic nitrogens is 4. The second-order valence-electron chi connectivity index (χ2n) is 9.97. The van der Waals surface area contributed by atoms with Crippen molar-refractivity contribution in [3.8, 4) is 16.9 Å². The third-order valence-electron chi connectivity index (χ3n) is 6.66. The number of rotatable bonds is 6. The van der Waals surface area contributed by atoms with E-state index in [4.69, 9.17) is 20.4 Å². The van der Waals surface area contributed by atoms with E-state index in [0.717, 1.165) is 55.4 Å². The summed E-state index contributed by atoms with van der Waals surface area (Å²) >= 11 is 1.39. The number of thiazole rings is 1. The standard InChI is InChI=1S/C28H32N6O2S/c1-15(2)24-18(5)31-23(7-6-17(4)35)33-26(24)34-8-9-36-25-16(3)10-19(11-21(25)14-34)20-12-22-27(30-13-20)37-28(29)32-22/h10-13,15H,6-9,14H2,1-5H3,(H2,29,32). The van der Waals surface area contributed by atoms with E-state index in [1.54, 1.807) is 6.92 Å². The maximum atomic E-state index is 11.6. The number of ether oxygens (including phenoxy) is 1. The molecule has 0 saturated carbocycles. The molecule has 0 spiro atoms. The molecule has 1 aliphatic rings. The molecule has 0 aliphatic carbocycles. The molecule has 5 rings (SSSR count). The number of hydrogen-bond acceptors (Lipinski definition) is 9. The van der Waals surface area contributed by atoms with Crippen molar-refractivity contribution in [3.05, 3.63) is 52.6 Å². The van der Waals surface area contributed by atoms with E-state index in [0.29, 0.717) is 43.5 Å². The minimum Gasteiger partial charge on any atom is -0.491 e. The van der Waals surface area contributed by atoms with E-state index in [1.165, 1.54) is 11.3 Å². The molecule has 1 aromatic carbocycles. The molecule has 0 amide bonds. The van der Waals surface area contributed by atoms with Gasteiger partial charge in [-0.15, -0.1) is 0 Å². The van der Waals surface area contributed by atoms with E-state index in [9.17, 15) is 4.79 Å². The Hall–Kier alpha value is -3.59. The number of anilines is 2. The van der Waals surface area contributed by atoms with Crippen LogP contribution in [0.1, 0.15) is 61.3 Å². The number of carbonyl (C=O) groups is 1. The van der Waals surface area contributed by atoms with Gasteiger partial charge < -0.3 is 20.2 Å². The van der Waals surface area contributed by atoms with Crippen molar-refractivity contribution in [2.24, 2.45) is 0 Å². The van der Waals surface area contributed by atoms with Crippen LogP contribution in [0.3, 0.4) is 0 Å². The van der Waals surface area contributed by atoms with E-state index >= 15 is 0 Å². The highest BCUT2D eigenvalue weighted by atomic mass is 32.1. The van der Waals surface area contributed by atoms with E-state index in [-0.39, 0.29) is 11.7 Å². The summed E-state index contributed by atoms with van der Waals surface area (Å²) in [5.74, 6) is 2.97. The first kappa shape index (κ1) is 25.1. The van der Waals surface area contributed by atoms with Crippen LogP contribution in [-0.4, -0.2) is 38.9 Å². The number of fused-ring (bicyclic) bond motifs is 2. The number of nitrogen functional groups attached to an aromatic ring is 1. The van der Waals surface area contributed by atoms with E-state index in [2.05, 4.69) is 47.8 Å². The number of hydrogen-bond donors (Lipinski definition) is 1. The first-order valence-electron chi connectivity index (χ1n) is 12.6. The number of benzene rings is 1. The van der Waals surface area contributed by atoms with Crippen LogP contribution in [0.4, 0.5) is 10.9 Å². The Morgan fingerprint density at radius 3 is 2.73 bits per heavy atom.